The summed E-state index contributed by atoms with van der Waals surface area (Å²) in [5.74, 6) is 1.12. The molecule has 6 nitrogen and oxygen atoms in total. The number of carbonyl (C=O) groups is 3. The van der Waals surface area contributed by atoms with E-state index >= 15 is 0 Å². The third-order valence-corrected chi connectivity index (χ3v) is 4.92. The number of imide groups is 1. The van der Waals surface area contributed by atoms with Crippen LogP contribution in [-0.4, -0.2) is 64.3 Å². The van der Waals surface area contributed by atoms with Gasteiger partial charge in [0.25, 0.3) is 5.91 Å². The first-order valence-electron chi connectivity index (χ1n) is 7.25. The normalized spacial score (nSPS) is 19.9. The number of hydrogen-bond acceptors (Lipinski definition) is 4. The minimum absolute atomic E-state index is 0.235. The third-order valence-electron chi connectivity index (χ3n) is 3.94. The summed E-state index contributed by atoms with van der Waals surface area (Å²) in [6.07, 6.45) is 4.45. The fraction of sp³-hybridized carbons (Fsp3) is 0.533. The van der Waals surface area contributed by atoms with Gasteiger partial charge in [-0.1, -0.05) is 12.2 Å². The smallest absolute Gasteiger partial charge is 0.325 e. The first kappa shape index (κ1) is 16.6. The SMILES string of the molecule is C=CCN(CC=C)C(=O)CN1C(=O)NC2(CCSCC2)C1=O. The van der Waals surface area contributed by atoms with Crippen molar-refractivity contribution in [2.24, 2.45) is 0 Å². The lowest BCUT2D eigenvalue weighted by atomic mass is 9.92. The standard InChI is InChI=1S/C15H21N3O3S/c1-3-7-17(8-4-2)12(19)11-18-13(20)15(16-14(18)21)5-9-22-10-6-15/h3-4H,1-2,5-11H2,(H,16,21). The second-order valence-corrected chi connectivity index (χ2v) is 6.62. The molecule has 120 valence electrons. The van der Waals surface area contributed by atoms with E-state index in [2.05, 4.69) is 18.5 Å². The Morgan fingerprint density at radius 1 is 1.27 bits per heavy atom. The van der Waals surface area contributed by atoms with Gasteiger partial charge in [0.1, 0.15) is 12.1 Å². The summed E-state index contributed by atoms with van der Waals surface area (Å²) in [6, 6.07) is -0.470. The van der Waals surface area contributed by atoms with Crippen LogP contribution in [0.4, 0.5) is 4.79 Å². The molecule has 4 amide bonds. The monoisotopic (exact) mass is 323 g/mol. The molecule has 1 N–H and O–H groups in total. The Hall–Kier alpha value is -1.76. The Morgan fingerprint density at radius 3 is 2.41 bits per heavy atom. The molecule has 2 aliphatic rings. The van der Waals surface area contributed by atoms with E-state index in [1.807, 2.05) is 0 Å². The zero-order chi connectivity index (χ0) is 16.2. The Balaban J connectivity index is 2.07. The maximum absolute atomic E-state index is 12.6. The van der Waals surface area contributed by atoms with Crippen molar-refractivity contribution in [3.63, 3.8) is 0 Å². The highest BCUT2D eigenvalue weighted by molar-refractivity contribution is 7.99. The maximum atomic E-state index is 12.6. The van der Waals surface area contributed by atoms with Gasteiger partial charge in [0, 0.05) is 13.1 Å². The van der Waals surface area contributed by atoms with Gasteiger partial charge < -0.3 is 10.2 Å². The van der Waals surface area contributed by atoms with Gasteiger partial charge in [-0.3, -0.25) is 14.5 Å². The summed E-state index contributed by atoms with van der Waals surface area (Å²) in [6.45, 7) is 7.69. The number of thioether (sulfide) groups is 1. The number of nitrogens with zero attached hydrogens (tertiary/aromatic N) is 2. The highest BCUT2D eigenvalue weighted by Crippen LogP contribution is 2.32. The van der Waals surface area contributed by atoms with Crippen molar-refractivity contribution in [1.29, 1.82) is 0 Å². The Morgan fingerprint density at radius 2 is 1.86 bits per heavy atom. The van der Waals surface area contributed by atoms with Crippen molar-refractivity contribution in [3.05, 3.63) is 25.3 Å². The molecule has 7 heteroatoms. The molecule has 22 heavy (non-hydrogen) atoms. The van der Waals surface area contributed by atoms with Gasteiger partial charge in [0.05, 0.1) is 0 Å². The third kappa shape index (κ3) is 3.19. The molecule has 1 spiro atoms. The molecular weight excluding hydrogens is 302 g/mol. The van der Waals surface area contributed by atoms with Crippen molar-refractivity contribution in [3.8, 4) is 0 Å². The van der Waals surface area contributed by atoms with E-state index in [0.717, 1.165) is 16.4 Å². The molecule has 0 bridgehead atoms. The van der Waals surface area contributed by atoms with Gasteiger partial charge in [-0.2, -0.15) is 11.8 Å². The summed E-state index contributed by atoms with van der Waals surface area (Å²) >= 11 is 1.77. The predicted octanol–water partition coefficient (Wildman–Crippen LogP) is 1.00. The molecule has 2 rings (SSSR count). The van der Waals surface area contributed by atoms with Crippen LogP contribution < -0.4 is 5.32 Å². The second-order valence-electron chi connectivity index (χ2n) is 5.39. The van der Waals surface area contributed by atoms with Crippen LogP contribution in [0.2, 0.25) is 0 Å². The zero-order valence-corrected chi connectivity index (χ0v) is 13.4. The topological polar surface area (TPSA) is 69.7 Å². The summed E-state index contributed by atoms with van der Waals surface area (Å²) < 4.78 is 0. The number of rotatable bonds is 6. The Kier molecular flexibility index (Phi) is 5.28. The predicted molar refractivity (Wildman–Crippen MR) is 86.5 cm³/mol. The largest absolute Gasteiger partial charge is 0.334 e. The quantitative estimate of drug-likeness (QED) is 0.585. The van der Waals surface area contributed by atoms with Crippen LogP contribution >= 0.6 is 11.8 Å². The number of nitrogens with one attached hydrogen (secondary N) is 1. The first-order chi connectivity index (χ1) is 10.5. The Labute approximate surface area is 134 Å². The average molecular weight is 323 g/mol. The van der Waals surface area contributed by atoms with E-state index in [4.69, 9.17) is 0 Å². The lowest BCUT2D eigenvalue weighted by Gasteiger charge is -2.30. The van der Waals surface area contributed by atoms with Crippen LogP contribution in [-0.2, 0) is 9.59 Å². The van der Waals surface area contributed by atoms with Gasteiger partial charge in [0.2, 0.25) is 5.91 Å². The molecular formula is C15H21N3O3S. The lowest BCUT2D eigenvalue weighted by molar-refractivity contribution is -0.138. The summed E-state index contributed by atoms with van der Waals surface area (Å²) in [7, 11) is 0. The van der Waals surface area contributed by atoms with E-state index in [0.29, 0.717) is 25.9 Å². The summed E-state index contributed by atoms with van der Waals surface area (Å²) in [4.78, 5) is 39.5. The second kappa shape index (κ2) is 7.00. The van der Waals surface area contributed by atoms with Crippen LogP contribution in [0.25, 0.3) is 0 Å². The van der Waals surface area contributed by atoms with Crippen LogP contribution in [0, 0.1) is 0 Å². The molecule has 0 aliphatic carbocycles. The highest BCUT2D eigenvalue weighted by Gasteiger charge is 2.51. The maximum Gasteiger partial charge on any atom is 0.325 e. The lowest BCUT2D eigenvalue weighted by Crippen LogP contribution is -2.50. The highest BCUT2D eigenvalue weighted by atomic mass is 32.2. The van der Waals surface area contributed by atoms with E-state index in [9.17, 15) is 14.4 Å². The Bertz CT molecular complexity index is 490. The number of amides is 4. The van der Waals surface area contributed by atoms with Crippen molar-refractivity contribution >= 4 is 29.6 Å². The van der Waals surface area contributed by atoms with E-state index in [1.54, 1.807) is 23.9 Å². The van der Waals surface area contributed by atoms with Crippen LogP contribution in [0.1, 0.15) is 12.8 Å². The molecule has 0 aromatic carbocycles. The van der Waals surface area contributed by atoms with Crippen molar-refractivity contribution in [2.45, 2.75) is 18.4 Å². The molecule has 0 atom stereocenters. The molecule has 2 fully saturated rings. The zero-order valence-electron chi connectivity index (χ0n) is 12.5. The number of urea groups is 1. The van der Waals surface area contributed by atoms with Gasteiger partial charge >= 0.3 is 6.03 Å². The average Bonchev–Trinajstić information content (AvgIpc) is 2.72. The summed E-state index contributed by atoms with van der Waals surface area (Å²) in [5.41, 5.74) is -0.801. The molecule has 0 unspecified atom stereocenters. The fourth-order valence-corrected chi connectivity index (χ4v) is 3.89. The molecule has 2 heterocycles. The van der Waals surface area contributed by atoms with Crippen molar-refractivity contribution in [2.75, 3.05) is 31.1 Å². The van der Waals surface area contributed by atoms with Crippen LogP contribution in [0.15, 0.2) is 25.3 Å². The molecule has 2 aliphatic heterocycles. The molecule has 2 saturated heterocycles. The van der Waals surface area contributed by atoms with Crippen molar-refractivity contribution < 1.29 is 14.4 Å². The number of carbonyl (C=O) groups excluding carboxylic acids is 3. The van der Waals surface area contributed by atoms with Gasteiger partial charge in [-0.05, 0) is 24.3 Å². The van der Waals surface area contributed by atoms with E-state index < -0.39 is 11.6 Å². The molecule has 0 aromatic heterocycles. The fourth-order valence-electron chi connectivity index (χ4n) is 2.70. The van der Waals surface area contributed by atoms with Gasteiger partial charge in [-0.15, -0.1) is 13.2 Å². The molecule has 0 aromatic rings. The van der Waals surface area contributed by atoms with Crippen molar-refractivity contribution in [1.82, 2.24) is 15.1 Å². The number of hydrogen-bond donors (Lipinski definition) is 1. The van der Waals surface area contributed by atoms with Gasteiger partial charge in [0.15, 0.2) is 0 Å². The van der Waals surface area contributed by atoms with E-state index in [-0.39, 0.29) is 18.4 Å². The van der Waals surface area contributed by atoms with E-state index in [1.165, 1.54) is 4.90 Å². The van der Waals surface area contributed by atoms with Crippen LogP contribution in [0.5, 0.6) is 0 Å². The van der Waals surface area contributed by atoms with Gasteiger partial charge in [-0.25, -0.2) is 4.79 Å². The van der Waals surface area contributed by atoms with Crippen LogP contribution in [0.3, 0.4) is 0 Å². The minimum atomic E-state index is -0.801. The molecule has 0 saturated carbocycles. The molecule has 0 radical (unpaired) electrons. The minimum Gasteiger partial charge on any atom is -0.334 e. The summed E-state index contributed by atoms with van der Waals surface area (Å²) in [5, 5.41) is 2.79. The first-order valence-corrected chi connectivity index (χ1v) is 8.41.